The average molecular weight is 417 g/mol. The van der Waals surface area contributed by atoms with Crippen molar-refractivity contribution < 1.29 is 9.59 Å². The Hall–Kier alpha value is -3.31. The van der Waals surface area contributed by atoms with Gasteiger partial charge in [-0.25, -0.2) is 0 Å². The molecule has 0 aliphatic rings. The van der Waals surface area contributed by atoms with Gasteiger partial charge in [-0.15, -0.1) is 18.3 Å². The quantitative estimate of drug-likeness (QED) is 0.365. The average Bonchev–Trinajstić information content (AvgIpc) is 2.78. The van der Waals surface area contributed by atoms with Crippen molar-refractivity contribution in [2.75, 3.05) is 11.1 Å². The molecule has 152 valence electrons. The summed E-state index contributed by atoms with van der Waals surface area (Å²) in [5, 5.41) is 5.90. The van der Waals surface area contributed by atoms with Gasteiger partial charge in [0.05, 0.1) is 22.9 Å². The van der Waals surface area contributed by atoms with Crippen LogP contribution in [0.5, 0.6) is 0 Å². The monoisotopic (exact) mass is 416 g/mol. The standard InChI is InChI=1S/C25H24N2O2S/c1-3-17-30-23-16-10-8-14-21(23)25(29)27-22-15-9-7-13-20(22)24(28)26-18(2)19-11-5-4-6-12-19/h3-16,18H,1,17H2,2H3,(H,26,28)(H,27,29). The predicted octanol–water partition coefficient (Wildman–Crippen LogP) is 5.71. The van der Waals surface area contributed by atoms with E-state index < -0.39 is 0 Å². The lowest BCUT2D eigenvalue weighted by molar-refractivity contribution is 0.0941. The van der Waals surface area contributed by atoms with Crippen molar-refractivity contribution in [1.29, 1.82) is 0 Å². The molecular weight excluding hydrogens is 392 g/mol. The predicted molar refractivity (Wildman–Crippen MR) is 124 cm³/mol. The maximum atomic E-state index is 12.9. The second-order valence-corrected chi connectivity index (χ2v) is 7.76. The first-order valence-electron chi connectivity index (χ1n) is 9.69. The Bertz CT molecular complexity index is 1030. The van der Waals surface area contributed by atoms with Gasteiger partial charge in [0.2, 0.25) is 0 Å². The van der Waals surface area contributed by atoms with E-state index in [4.69, 9.17) is 0 Å². The molecule has 0 heterocycles. The van der Waals surface area contributed by atoms with Crippen LogP contribution in [0.15, 0.2) is 96.4 Å². The molecule has 3 aromatic rings. The molecule has 0 aliphatic heterocycles. The summed E-state index contributed by atoms with van der Waals surface area (Å²) in [6.45, 7) is 5.66. The fraction of sp³-hybridized carbons (Fsp3) is 0.120. The third-order valence-electron chi connectivity index (χ3n) is 4.56. The highest BCUT2D eigenvalue weighted by Crippen LogP contribution is 2.25. The molecule has 0 saturated heterocycles. The van der Waals surface area contributed by atoms with E-state index >= 15 is 0 Å². The Morgan fingerprint density at radius 2 is 1.53 bits per heavy atom. The molecular formula is C25H24N2O2S. The zero-order valence-corrected chi connectivity index (χ0v) is 17.6. The fourth-order valence-corrected chi connectivity index (χ4v) is 3.80. The zero-order chi connectivity index (χ0) is 21.3. The molecule has 0 fully saturated rings. The van der Waals surface area contributed by atoms with Crippen molar-refractivity contribution >= 4 is 29.3 Å². The fourth-order valence-electron chi connectivity index (χ4n) is 3.01. The summed E-state index contributed by atoms with van der Waals surface area (Å²) in [5.41, 5.74) is 2.48. The first-order chi connectivity index (χ1) is 14.6. The summed E-state index contributed by atoms with van der Waals surface area (Å²) in [6, 6.07) is 24.0. The van der Waals surface area contributed by atoms with Crippen molar-refractivity contribution in [2.24, 2.45) is 0 Å². The SMILES string of the molecule is C=CCSc1ccccc1C(=O)Nc1ccccc1C(=O)NC(C)c1ccccc1. The van der Waals surface area contributed by atoms with Gasteiger partial charge in [-0.3, -0.25) is 9.59 Å². The van der Waals surface area contributed by atoms with E-state index in [2.05, 4.69) is 17.2 Å². The van der Waals surface area contributed by atoms with Crippen molar-refractivity contribution in [3.05, 3.63) is 108 Å². The summed E-state index contributed by atoms with van der Waals surface area (Å²) < 4.78 is 0. The number of rotatable bonds is 8. The van der Waals surface area contributed by atoms with Gasteiger partial charge in [0, 0.05) is 10.6 Å². The van der Waals surface area contributed by atoms with E-state index in [0.29, 0.717) is 22.6 Å². The van der Waals surface area contributed by atoms with Gasteiger partial charge >= 0.3 is 0 Å². The highest BCUT2D eigenvalue weighted by Gasteiger charge is 2.17. The second-order valence-electron chi connectivity index (χ2n) is 6.70. The molecule has 0 spiro atoms. The number of benzene rings is 3. The molecule has 2 amide bonds. The van der Waals surface area contributed by atoms with Gasteiger partial charge in [-0.1, -0.05) is 60.7 Å². The molecule has 0 aliphatic carbocycles. The Labute approximate surface area is 181 Å². The molecule has 0 aromatic heterocycles. The topological polar surface area (TPSA) is 58.2 Å². The lowest BCUT2D eigenvalue weighted by Gasteiger charge is -2.17. The van der Waals surface area contributed by atoms with Crippen LogP contribution in [0.2, 0.25) is 0 Å². The summed E-state index contributed by atoms with van der Waals surface area (Å²) in [6.07, 6.45) is 1.80. The van der Waals surface area contributed by atoms with Crippen LogP contribution < -0.4 is 10.6 Å². The summed E-state index contributed by atoms with van der Waals surface area (Å²) >= 11 is 1.54. The zero-order valence-electron chi connectivity index (χ0n) is 16.8. The molecule has 1 unspecified atom stereocenters. The van der Waals surface area contributed by atoms with E-state index in [1.807, 2.05) is 55.5 Å². The Balaban J connectivity index is 1.78. The molecule has 5 heteroatoms. The van der Waals surface area contributed by atoms with Crippen molar-refractivity contribution in [1.82, 2.24) is 5.32 Å². The minimum Gasteiger partial charge on any atom is -0.345 e. The minimum absolute atomic E-state index is 0.154. The van der Waals surface area contributed by atoms with Crippen LogP contribution in [0, 0.1) is 0 Å². The summed E-state index contributed by atoms with van der Waals surface area (Å²) in [4.78, 5) is 26.7. The molecule has 3 rings (SSSR count). The minimum atomic E-state index is -0.251. The van der Waals surface area contributed by atoms with E-state index in [-0.39, 0.29) is 17.9 Å². The van der Waals surface area contributed by atoms with Gasteiger partial charge in [-0.05, 0) is 36.8 Å². The van der Waals surface area contributed by atoms with Gasteiger partial charge in [0.15, 0.2) is 0 Å². The molecule has 0 saturated carbocycles. The van der Waals surface area contributed by atoms with Crippen LogP contribution in [-0.2, 0) is 0 Å². The van der Waals surface area contributed by atoms with Crippen LogP contribution in [-0.4, -0.2) is 17.6 Å². The highest BCUT2D eigenvalue weighted by molar-refractivity contribution is 7.99. The third-order valence-corrected chi connectivity index (χ3v) is 5.62. The van der Waals surface area contributed by atoms with Gasteiger partial charge in [-0.2, -0.15) is 0 Å². The smallest absolute Gasteiger partial charge is 0.256 e. The van der Waals surface area contributed by atoms with Crippen molar-refractivity contribution in [2.45, 2.75) is 17.9 Å². The number of hydrogen-bond acceptors (Lipinski definition) is 3. The Morgan fingerprint density at radius 3 is 2.27 bits per heavy atom. The van der Waals surface area contributed by atoms with Gasteiger partial charge in [0.1, 0.15) is 0 Å². The number of nitrogens with one attached hydrogen (secondary N) is 2. The van der Waals surface area contributed by atoms with Crippen molar-refractivity contribution in [3.63, 3.8) is 0 Å². The highest BCUT2D eigenvalue weighted by atomic mass is 32.2. The van der Waals surface area contributed by atoms with Gasteiger partial charge in [0.25, 0.3) is 11.8 Å². The lowest BCUT2D eigenvalue weighted by Crippen LogP contribution is -2.28. The lowest BCUT2D eigenvalue weighted by atomic mass is 10.1. The largest absolute Gasteiger partial charge is 0.345 e. The number of carbonyl (C=O) groups is 2. The molecule has 3 aromatic carbocycles. The van der Waals surface area contributed by atoms with E-state index in [9.17, 15) is 9.59 Å². The normalized spacial score (nSPS) is 11.4. The number of para-hydroxylation sites is 1. The van der Waals surface area contributed by atoms with Gasteiger partial charge < -0.3 is 10.6 Å². The maximum Gasteiger partial charge on any atom is 0.256 e. The van der Waals surface area contributed by atoms with Crippen LogP contribution in [0.1, 0.15) is 39.2 Å². The summed E-state index contributed by atoms with van der Waals surface area (Å²) in [7, 11) is 0. The summed E-state index contributed by atoms with van der Waals surface area (Å²) in [5.74, 6) is 0.218. The number of carbonyl (C=O) groups excluding carboxylic acids is 2. The molecule has 0 radical (unpaired) electrons. The van der Waals surface area contributed by atoms with Crippen LogP contribution in [0.3, 0.4) is 0 Å². The molecule has 0 bridgehead atoms. The third kappa shape index (κ3) is 5.39. The van der Waals surface area contributed by atoms with E-state index in [0.717, 1.165) is 10.5 Å². The van der Waals surface area contributed by atoms with Crippen molar-refractivity contribution in [3.8, 4) is 0 Å². The number of hydrogen-bond donors (Lipinski definition) is 2. The second kappa shape index (κ2) is 10.5. The van der Waals surface area contributed by atoms with E-state index in [1.54, 1.807) is 48.2 Å². The van der Waals surface area contributed by atoms with E-state index in [1.165, 1.54) is 0 Å². The molecule has 30 heavy (non-hydrogen) atoms. The van der Waals surface area contributed by atoms with Crippen LogP contribution in [0.4, 0.5) is 5.69 Å². The van der Waals surface area contributed by atoms with Crippen LogP contribution in [0.25, 0.3) is 0 Å². The van der Waals surface area contributed by atoms with Crippen LogP contribution >= 0.6 is 11.8 Å². The molecule has 4 nitrogen and oxygen atoms in total. The molecule has 1 atom stereocenters. The maximum absolute atomic E-state index is 12.9. The number of anilines is 1. The Morgan fingerprint density at radius 1 is 0.900 bits per heavy atom. The number of thioether (sulfide) groups is 1. The first kappa shape index (κ1) is 21.4. The Kier molecular flexibility index (Phi) is 7.46. The first-order valence-corrected chi connectivity index (χ1v) is 10.7. The molecule has 2 N–H and O–H groups in total. The number of amides is 2.